The van der Waals surface area contributed by atoms with Crippen molar-refractivity contribution in [2.45, 2.75) is 31.6 Å². The smallest absolute Gasteiger partial charge is 0.437 e. The summed E-state index contributed by atoms with van der Waals surface area (Å²) in [7, 11) is 0. The molecule has 0 rings (SSSR count). The van der Waals surface area contributed by atoms with Gasteiger partial charge in [0.25, 0.3) is 12.9 Å². The van der Waals surface area contributed by atoms with E-state index in [0.29, 0.717) is 0 Å². The van der Waals surface area contributed by atoms with Crippen LogP contribution in [0.4, 0.5) is 39.5 Å². The third-order valence-electron chi connectivity index (χ3n) is 2.96. The molecule has 0 radical (unpaired) electrons. The molecule has 0 aliphatic rings. The van der Waals surface area contributed by atoms with Crippen LogP contribution in [0.5, 0.6) is 0 Å². The van der Waals surface area contributed by atoms with Gasteiger partial charge in [-0.25, -0.2) is 36.9 Å². The molecule has 0 aromatic heterocycles. The molecule has 0 saturated heterocycles. The predicted octanol–water partition coefficient (Wildman–Crippen LogP) is 2.55. The summed E-state index contributed by atoms with van der Waals surface area (Å²) in [5.41, 5.74) is -4.29. The summed E-state index contributed by atoms with van der Waals surface area (Å²) in [6.45, 7) is -3.76. The molecular formula is C12H11F9O6. The van der Waals surface area contributed by atoms with Crippen molar-refractivity contribution < 1.29 is 68.4 Å². The van der Waals surface area contributed by atoms with Crippen molar-refractivity contribution in [2.75, 3.05) is 13.3 Å². The maximum Gasteiger partial charge on any atom is 0.439 e. The van der Waals surface area contributed by atoms with Crippen LogP contribution in [0.1, 0.15) is 6.92 Å². The van der Waals surface area contributed by atoms with Crippen LogP contribution in [-0.4, -0.2) is 55.9 Å². The minimum absolute atomic E-state index is 0.174. The normalized spacial score (nSPS) is 14.4. The van der Waals surface area contributed by atoms with Crippen LogP contribution in [0, 0.1) is 11.8 Å². The van der Waals surface area contributed by atoms with Crippen LogP contribution in [0.3, 0.4) is 0 Å². The molecule has 0 saturated carbocycles. The lowest BCUT2D eigenvalue weighted by Crippen LogP contribution is -2.54. The molecule has 1 atom stereocenters. The Labute approximate surface area is 144 Å². The van der Waals surface area contributed by atoms with Gasteiger partial charge in [-0.05, 0) is 6.92 Å². The molecule has 0 bridgehead atoms. The number of halogens is 9. The first-order valence-electron chi connectivity index (χ1n) is 6.63. The Morgan fingerprint density at radius 2 is 1.30 bits per heavy atom. The Morgan fingerprint density at radius 1 is 0.852 bits per heavy atom. The van der Waals surface area contributed by atoms with Crippen LogP contribution in [0.15, 0.2) is 0 Å². The highest BCUT2D eigenvalue weighted by atomic mass is 19.4. The van der Waals surface area contributed by atoms with Gasteiger partial charge < -0.3 is 4.74 Å². The number of esters is 1. The molecule has 0 unspecified atom stereocenters. The van der Waals surface area contributed by atoms with E-state index >= 15 is 0 Å². The highest BCUT2D eigenvalue weighted by molar-refractivity contribution is 5.85. The fourth-order valence-corrected chi connectivity index (χ4v) is 1.20. The van der Waals surface area contributed by atoms with E-state index in [0.717, 1.165) is 0 Å². The summed E-state index contributed by atoms with van der Waals surface area (Å²) in [4.78, 5) is 40.2. The van der Waals surface area contributed by atoms with Crippen molar-refractivity contribution in [3.8, 4) is 0 Å². The minimum atomic E-state index is -5.80. The first kappa shape index (κ1) is 24.8. The van der Waals surface area contributed by atoms with Crippen LogP contribution in [0.2, 0.25) is 0 Å². The monoisotopic (exact) mass is 422 g/mol. The molecule has 6 nitrogen and oxygen atoms in total. The second kappa shape index (κ2) is 9.64. The van der Waals surface area contributed by atoms with Crippen molar-refractivity contribution in [3.05, 3.63) is 0 Å². The average Bonchev–Trinajstić information content (AvgIpc) is 2.51. The highest BCUT2D eigenvalue weighted by Gasteiger charge is 2.63. The number of ether oxygens (including phenoxy) is 1. The topological polar surface area (TPSA) is 78.9 Å². The molecule has 0 aromatic carbocycles. The number of hydrogen-bond acceptors (Lipinski definition) is 6. The van der Waals surface area contributed by atoms with Gasteiger partial charge in [-0.3, -0.25) is 13.6 Å². The standard InChI is InChI=1S/C12H11F9O6/c1-11(12(19,20)21,25-8(22)4(2-13)3-14)10(24)27-26-9(23)5(6(15)16)7(17)18/h4-7H,2-3H2,1H3/t11-/m0/s1. The van der Waals surface area contributed by atoms with E-state index in [-0.39, 0.29) is 6.92 Å². The van der Waals surface area contributed by atoms with E-state index in [1.807, 2.05) is 0 Å². The zero-order valence-electron chi connectivity index (χ0n) is 13.1. The molecule has 158 valence electrons. The van der Waals surface area contributed by atoms with Gasteiger partial charge in [-0.1, -0.05) is 0 Å². The first-order valence-corrected chi connectivity index (χ1v) is 6.63. The quantitative estimate of drug-likeness (QED) is 0.259. The maximum atomic E-state index is 13.0. The Hall–Kier alpha value is -2.22. The Kier molecular flexibility index (Phi) is 8.85. The van der Waals surface area contributed by atoms with Crippen molar-refractivity contribution in [1.82, 2.24) is 0 Å². The lowest BCUT2D eigenvalue weighted by atomic mass is 10.1. The first-order chi connectivity index (χ1) is 12.2. The second-order valence-corrected chi connectivity index (χ2v) is 4.93. The van der Waals surface area contributed by atoms with Crippen LogP contribution in [0.25, 0.3) is 0 Å². The van der Waals surface area contributed by atoms with Gasteiger partial charge >= 0.3 is 29.7 Å². The van der Waals surface area contributed by atoms with Crippen molar-refractivity contribution >= 4 is 17.9 Å². The Balaban J connectivity index is 5.35. The van der Waals surface area contributed by atoms with E-state index in [1.54, 1.807) is 0 Å². The average molecular weight is 422 g/mol. The zero-order valence-corrected chi connectivity index (χ0v) is 13.1. The lowest BCUT2D eigenvalue weighted by molar-refractivity contribution is -0.308. The SMILES string of the molecule is C[C@](OC(=O)C(CF)CF)(C(=O)OOC(=O)C(C(F)F)C(F)F)C(F)(F)F. The van der Waals surface area contributed by atoms with Crippen molar-refractivity contribution in [1.29, 1.82) is 0 Å². The fraction of sp³-hybridized carbons (Fsp3) is 0.750. The number of alkyl halides is 9. The third-order valence-corrected chi connectivity index (χ3v) is 2.96. The van der Waals surface area contributed by atoms with E-state index in [9.17, 15) is 53.9 Å². The molecule has 0 spiro atoms. The van der Waals surface area contributed by atoms with Gasteiger partial charge in [-0.2, -0.15) is 13.2 Å². The van der Waals surface area contributed by atoms with Gasteiger partial charge in [0.15, 0.2) is 5.92 Å². The maximum absolute atomic E-state index is 13.0. The molecule has 0 heterocycles. The van der Waals surface area contributed by atoms with E-state index < -0.39 is 67.7 Å². The molecule has 0 aromatic rings. The van der Waals surface area contributed by atoms with E-state index in [2.05, 4.69) is 14.5 Å². The predicted molar refractivity (Wildman–Crippen MR) is 63.7 cm³/mol. The second-order valence-electron chi connectivity index (χ2n) is 4.93. The number of rotatable bonds is 8. The molecule has 27 heavy (non-hydrogen) atoms. The summed E-state index contributed by atoms with van der Waals surface area (Å²) < 4.78 is 116. The van der Waals surface area contributed by atoms with Crippen LogP contribution < -0.4 is 0 Å². The Bertz CT molecular complexity index is 526. The van der Waals surface area contributed by atoms with Crippen LogP contribution in [-0.2, 0) is 28.9 Å². The Morgan fingerprint density at radius 3 is 1.63 bits per heavy atom. The minimum Gasteiger partial charge on any atom is -0.437 e. The van der Waals surface area contributed by atoms with Gasteiger partial charge in [-0.15, -0.1) is 0 Å². The zero-order chi connectivity index (χ0) is 21.6. The fourth-order valence-electron chi connectivity index (χ4n) is 1.20. The molecule has 15 heteroatoms. The summed E-state index contributed by atoms with van der Waals surface area (Å²) in [6, 6.07) is 0. The molecule has 0 aliphatic carbocycles. The molecule has 0 N–H and O–H groups in total. The van der Waals surface area contributed by atoms with Crippen LogP contribution >= 0.6 is 0 Å². The van der Waals surface area contributed by atoms with Gasteiger partial charge in [0.1, 0.15) is 19.3 Å². The molecular weight excluding hydrogens is 411 g/mol. The summed E-state index contributed by atoms with van der Waals surface area (Å²) >= 11 is 0. The molecule has 0 aliphatic heterocycles. The van der Waals surface area contributed by atoms with E-state index in [4.69, 9.17) is 0 Å². The largest absolute Gasteiger partial charge is 0.439 e. The van der Waals surface area contributed by atoms with Gasteiger partial charge in [0, 0.05) is 0 Å². The van der Waals surface area contributed by atoms with E-state index in [1.165, 1.54) is 0 Å². The van der Waals surface area contributed by atoms with Crippen molar-refractivity contribution in [3.63, 3.8) is 0 Å². The number of carbonyl (C=O) groups excluding carboxylic acids is 3. The molecule has 0 fully saturated rings. The highest BCUT2D eigenvalue weighted by Crippen LogP contribution is 2.35. The summed E-state index contributed by atoms with van der Waals surface area (Å²) in [6.07, 6.45) is -13.8. The third kappa shape index (κ3) is 6.16. The summed E-state index contributed by atoms with van der Waals surface area (Å²) in [5, 5.41) is 0. The van der Waals surface area contributed by atoms with Gasteiger partial charge in [0.05, 0.1) is 0 Å². The number of carbonyl (C=O) groups is 3. The van der Waals surface area contributed by atoms with Crippen molar-refractivity contribution in [2.24, 2.45) is 11.8 Å². The van der Waals surface area contributed by atoms with Gasteiger partial charge in [0.2, 0.25) is 0 Å². The summed E-state index contributed by atoms with van der Waals surface area (Å²) in [5.74, 6) is -13.3. The number of hydrogen-bond donors (Lipinski definition) is 0. The molecule has 0 amide bonds. The lowest BCUT2D eigenvalue weighted by Gasteiger charge is -2.29.